The molecule has 0 unspecified atom stereocenters. The molecule has 1 saturated carbocycles. The van der Waals surface area contributed by atoms with Gasteiger partial charge in [0.15, 0.2) is 5.82 Å². The van der Waals surface area contributed by atoms with Crippen molar-refractivity contribution in [1.82, 2.24) is 25.5 Å². The van der Waals surface area contributed by atoms with Crippen molar-refractivity contribution in [1.29, 1.82) is 0 Å². The minimum absolute atomic E-state index is 0.527. The van der Waals surface area contributed by atoms with Gasteiger partial charge in [-0.25, -0.2) is 4.68 Å². The monoisotopic (exact) mass is 211 g/mol. The molecule has 0 amide bonds. The molecule has 0 aliphatic heterocycles. The van der Waals surface area contributed by atoms with Crippen molar-refractivity contribution in [2.24, 2.45) is 0 Å². The number of nitrogens with zero attached hydrogens (tertiary/aromatic N) is 4. The Bertz CT molecular complexity index is 296. The summed E-state index contributed by atoms with van der Waals surface area (Å²) in [6.45, 7) is 2.26. The molecule has 2 rings (SSSR count). The quantitative estimate of drug-likeness (QED) is 0.678. The number of methoxy groups -OCH3 is 1. The van der Waals surface area contributed by atoms with Crippen LogP contribution in [0.4, 0.5) is 0 Å². The molecule has 1 aromatic heterocycles. The van der Waals surface area contributed by atoms with Crippen LogP contribution in [0, 0.1) is 0 Å². The van der Waals surface area contributed by atoms with Crippen molar-refractivity contribution in [3.63, 3.8) is 0 Å². The first kappa shape index (κ1) is 10.5. The Morgan fingerprint density at radius 3 is 3.07 bits per heavy atom. The zero-order valence-corrected chi connectivity index (χ0v) is 9.02. The van der Waals surface area contributed by atoms with Crippen molar-refractivity contribution in [3.05, 3.63) is 5.82 Å². The van der Waals surface area contributed by atoms with Crippen LogP contribution in [0.1, 0.15) is 31.1 Å². The molecule has 15 heavy (non-hydrogen) atoms. The van der Waals surface area contributed by atoms with Gasteiger partial charge < -0.3 is 10.1 Å². The highest BCUT2D eigenvalue weighted by molar-refractivity contribution is 4.87. The third-order valence-corrected chi connectivity index (χ3v) is 2.75. The maximum absolute atomic E-state index is 4.95. The van der Waals surface area contributed by atoms with Crippen molar-refractivity contribution < 1.29 is 4.74 Å². The SMILES string of the molecule is COCCNCc1nnnn1C1CCC1. The molecule has 1 aromatic rings. The molecule has 0 bridgehead atoms. The summed E-state index contributed by atoms with van der Waals surface area (Å²) in [5, 5.41) is 15.0. The van der Waals surface area contributed by atoms with Gasteiger partial charge in [0.2, 0.25) is 0 Å². The van der Waals surface area contributed by atoms with E-state index < -0.39 is 0 Å². The largest absolute Gasteiger partial charge is 0.383 e. The van der Waals surface area contributed by atoms with Gasteiger partial charge in [-0.1, -0.05) is 0 Å². The molecule has 6 nitrogen and oxygen atoms in total. The van der Waals surface area contributed by atoms with Gasteiger partial charge in [-0.05, 0) is 29.7 Å². The second-order valence-electron chi connectivity index (χ2n) is 3.79. The van der Waals surface area contributed by atoms with E-state index in [-0.39, 0.29) is 0 Å². The molecule has 1 aliphatic carbocycles. The summed E-state index contributed by atoms with van der Waals surface area (Å²) in [7, 11) is 1.69. The Balaban J connectivity index is 1.82. The Hall–Kier alpha value is -1.01. The van der Waals surface area contributed by atoms with E-state index in [9.17, 15) is 0 Å². The van der Waals surface area contributed by atoms with E-state index >= 15 is 0 Å². The van der Waals surface area contributed by atoms with Crippen LogP contribution < -0.4 is 5.32 Å². The highest BCUT2D eigenvalue weighted by atomic mass is 16.5. The summed E-state index contributed by atoms with van der Waals surface area (Å²) in [4.78, 5) is 0. The van der Waals surface area contributed by atoms with Crippen LogP contribution in [0.25, 0.3) is 0 Å². The average Bonchev–Trinajstić information content (AvgIpc) is 2.58. The predicted molar refractivity (Wildman–Crippen MR) is 54.3 cm³/mol. The first-order valence-corrected chi connectivity index (χ1v) is 5.38. The van der Waals surface area contributed by atoms with Crippen LogP contribution in [0.15, 0.2) is 0 Å². The predicted octanol–water partition coefficient (Wildman–Crippen LogP) is 0.134. The topological polar surface area (TPSA) is 64.9 Å². The first-order chi connectivity index (χ1) is 7.42. The smallest absolute Gasteiger partial charge is 0.165 e. The van der Waals surface area contributed by atoms with Gasteiger partial charge in [-0.15, -0.1) is 5.10 Å². The fourth-order valence-corrected chi connectivity index (χ4v) is 1.62. The number of tetrazole rings is 1. The van der Waals surface area contributed by atoms with E-state index in [0.29, 0.717) is 19.2 Å². The first-order valence-electron chi connectivity index (χ1n) is 5.38. The zero-order valence-electron chi connectivity index (χ0n) is 9.02. The number of aromatic nitrogens is 4. The number of nitrogens with one attached hydrogen (secondary N) is 1. The lowest BCUT2D eigenvalue weighted by molar-refractivity contribution is 0.198. The van der Waals surface area contributed by atoms with Crippen LogP contribution in [-0.2, 0) is 11.3 Å². The standard InChI is InChI=1S/C9H17N5O/c1-15-6-5-10-7-9-11-12-13-14(9)8-3-2-4-8/h8,10H,2-7H2,1H3. The van der Waals surface area contributed by atoms with Crippen LogP contribution in [0.5, 0.6) is 0 Å². The summed E-state index contributed by atoms with van der Waals surface area (Å²) < 4.78 is 6.90. The minimum atomic E-state index is 0.527. The van der Waals surface area contributed by atoms with E-state index in [4.69, 9.17) is 4.74 Å². The average molecular weight is 211 g/mol. The molecule has 6 heteroatoms. The summed E-state index contributed by atoms with van der Waals surface area (Å²) in [6.07, 6.45) is 3.70. The molecule has 1 fully saturated rings. The maximum atomic E-state index is 4.95. The van der Waals surface area contributed by atoms with E-state index in [1.54, 1.807) is 7.11 Å². The minimum Gasteiger partial charge on any atom is -0.383 e. The normalized spacial score (nSPS) is 16.6. The number of hydrogen-bond donors (Lipinski definition) is 1. The Kier molecular flexibility index (Phi) is 3.63. The summed E-state index contributed by atoms with van der Waals surface area (Å²) in [5.41, 5.74) is 0. The molecule has 1 aliphatic rings. The second kappa shape index (κ2) is 5.18. The molecule has 1 heterocycles. The molecule has 0 saturated heterocycles. The number of hydrogen-bond acceptors (Lipinski definition) is 5. The Morgan fingerprint density at radius 1 is 1.53 bits per heavy atom. The van der Waals surface area contributed by atoms with Gasteiger partial charge in [0.1, 0.15) is 0 Å². The molecular weight excluding hydrogens is 194 g/mol. The molecule has 1 N–H and O–H groups in total. The summed E-state index contributed by atoms with van der Waals surface area (Å²) in [6, 6.07) is 0.527. The van der Waals surface area contributed by atoms with E-state index in [2.05, 4.69) is 20.8 Å². The lowest BCUT2D eigenvalue weighted by Crippen LogP contribution is -2.25. The zero-order chi connectivity index (χ0) is 10.5. The van der Waals surface area contributed by atoms with Gasteiger partial charge in [-0.2, -0.15) is 0 Å². The molecule has 0 atom stereocenters. The second-order valence-corrected chi connectivity index (χ2v) is 3.79. The van der Waals surface area contributed by atoms with Crippen molar-refractivity contribution in [3.8, 4) is 0 Å². The summed E-state index contributed by atoms with van der Waals surface area (Å²) >= 11 is 0. The summed E-state index contributed by atoms with van der Waals surface area (Å²) in [5.74, 6) is 0.927. The fourth-order valence-electron chi connectivity index (χ4n) is 1.62. The van der Waals surface area contributed by atoms with E-state index in [0.717, 1.165) is 12.4 Å². The van der Waals surface area contributed by atoms with Crippen LogP contribution in [0.3, 0.4) is 0 Å². The van der Waals surface area contributed by atoms with Gasteiger partial charge in [0.05, 0.1) is 19.2 Å². The van der Waals surface area contributed by atoms with Crippen LogP contribution >= 0.6 is 0 Å². The van der Waals surface area contributed by atoms with Crippen molar-refractivity contribution >= 4 is 0 Å². The van der Waals surface area contributed by atoms with Crippen LogP contribution in [-0.4, -0.2) is 40.5 Å². The van der Waals surface area contributed by atoms with Gasteiger partial charge in [0, 0.05) is 13.7 Å². The highest BCUT2D eigenvalue weighted by Crippen LogP contribution is 2.30. The van der Waals surface area contributed by atoms with Gasteiger partial charge >= 0.3 is 0 Å². The van der Waals surface area contributed by atoms with Crippen molar-refractivity contribution in [2.45, 2.75) is 31.8 Å². The third-order valence-electron chi connectivity index (χ3n) is 2.75. The number of ether oxygens (including phenoxy) is 1. The van der Waals surface area contributed by atoms with Crippen molar-refractivity contribution in [2.75, 3.05) is 20.3 Å². The lowest BCUT2D eigenvalue weighted by Gasteiger charge is -2.25. The van der Waals surface area contributed by atoms with E-state index in [1.807, 2.05) is 4.68 Å². The highest BCUT2D eigenvalue weighted by Gasteiger charge is 2.23. The van der Waals surface area contributed by atoms with Gasteiger partial charge in [-0.3, -0.25) is 0 Å². The van der Waals surface area contributed by atoms with E-state index in [1.165, 1.54) is 19.3 Å². The Morgan fingerprint density at radius 2 is 2.40 bits per heavy atom. The molecule has 0 spiro atoms. The molecular formula is C9H17N5O. The molecule has 84 valence electrons. The maximum Gasteiger partial charge on any atom is 0.165 e. The third kappa shape index (κ3) is 2.51. The fraction of sp³-hybridized carbons (Fsp3) is 0.889. The van der Waals surface area contributed by atoms with Crippen LogP contribution in [0.2, 0.25) is 0 Å². The lowest BCUT2D eigenvalue weighted by atomic mass is 9.93. The molecule has 0 radical (unpaired) electrons. The Labute approximate surface area is 89.0 Å². The van der Waals surface area contributed by atoms with Gasteiger partial charge in [0.25, 0.3) is 0 Å². The molecule has 0 aromatic carbocycles. The number of rotatable bonds is 6.